The first-order chi connectivity index (χ1) is 9.85. The molecule has 0 radical (unpaired) electrons. The standard InChI is InChI=1S/C15H23N3O2S/c1-14(2,3)11-12(18-15(9-19)6-4-7-15)17-13-10(16-11)5-8-21(13)20/h19H,4-9H2,1-3H3,(H,17,18). The lowest BCUT2D eigenvalue weighted by molar-refractivity contribution is 0.143. The molecule has 1 unspecified atom stereocenters. The maximum atomic E-state index is 12.0. The fourth-order valence-corrected chi connectivity index (χ4v) is 4.05. The van der Waals surface area contributed by atoms with Gasteiger partial charge in [0.25, 0.3) is 0 Å². The summed E-state index contributed by atoms with van der Waals surface area (Å²) in [6, 6.07) is 0. The van der Waals surface area contributed by atoms with Crippen molar-refractivity contribution in [3.63, 3.8) is 0 Å². The molecule has 0 saturated heterocycles. The van der Waals surface area contributed by atoms with E-state index in [9.17, 15) is 9.32 Å². The van der Waals surface area contributed by atoms with Crippen LogP contribution in [0.2, 0.25) is 0 Å². The minimum atomic E-state index is -1.03. The fourth-order valence-electron chi connectivity index (χ4n) is 2.87. The highest BCUT2D eigenvalue weighted by atomic mass is 32.2. The van der Waals surface area contributed by atoms with Crippen molar-refractivity contribution >= 4 is 16.6 Å². The van der Waals surface area contributed by atoms with Gasteiger partial charge in [-0.3, -0.25) is 9.19 Å². The van der Waals surface area contributed by atoms with Gasteiger partial charge in [-0.05, 0) is 19.3 Å². The van der Waals surface area contributed by atoms with E-state index in [4.69, 9.17) is 4.98 Å². The Kier molecular flexibility index (Phi) is 3.56. The smallest absolute Gasteiger partial charge is 0.151 e. The van der Waals surface area contributed by atoms with Crippen LogP contribution >= 0.6 is 0 Å². The van der Waals surface area contributed by atoms with Crippen LogP contribution in [0.5, 0.6) is 0 Å². The van der Waals surface area contributed by atoms with Crippen LogP contribution in [0.25, 0.3) is 0 Å². The number of aromatic nitrogens is 2. The van der Waals surface area contributed by atoms with Crippen LogP contribution in [0.15, 0.2) is 5.03 Å². The van der Waals surface area contributed by atoms with E-state index in [-0.39, 0.29) is 17.6 Å². The topological polar surface area (TPSA) is 75.1 Å². The zero-order valence-corrected chi connectivity index (χ0v) is 13.7. The summed E-state index contributed by atoms with van der Waals surface area (Å²) in [6.45, 7) is 6.41. The lowest BCUT2D eigenvalue weighted by Crippen LogP contribution is -2.49. The van der Waals surface area contributed by atoms with Gasteiger partial charge in [-0.2, -0.15) is 0 Å². The number of nitrogens with one attached hydrogen (secondary N) is 1. The number of nitrogens with zero attached hydrogens (tertiary/aromatic N) is 2. The zero-order chi connectivity index (χ0) is 15.3. The molecule has 0 amide bonds. The number of aliphatic hydroxyl groups excluding tert-OH is 1. The monoisotopic (exact) mass is 309 g/mol. The van der Waals surface area contributed by atoms with Crippen LogP contribution in [-0.4, -0.2) is 37.2 Å². The fraction of sp³-hybridized carbons (Fsp3) is 0.733. The molecule has 1 aromatic heterocycles. The van der Waals surface area contributed by atoms with Gasteiger partial charge in [0.15, 0.2) is 5.03 Å². The molecule has 1 saturated carbocycles. The van der Waals surface area contributed by atoms with Crippen LogP contribution in [0.1, 0.15) is 51.4 Å². The molecule has 3 rings (SSSR count). The van der Waals surface area contributed by atoms with Crippen molar-refractivity contribution in [2.45, 2.75) is 62.4 Å². The third-order valence-corrected chi connectivity index (χ3v) is 5.71. The Bertz CT molecular complexity index is 586. The molecule has 0 spiro atoms. The summed E-state index contributed by atoms with van der Waals surface area (Å²) in [5.74, 6) is 1.32. The first-order valence-electron chi connectivity index (χ1n) is 7.53. The maximum absolute atomic E-state index is 12.0. The molecule has 6 heteroatoms. The van der Waals surface area contributed by atoms with E-state index >= 15 is 0 Å². The van der Waals surface area contributed by atoms with Crippen molar-refractivity contribution in [2.24, 2.45) is 0 Å². The Morgan fingerprint density at radius 3 is 2.57 bits per heavy atom. The molecule has 1 atom stereocenters. The molecule has 21 heavy (non-hydrogen) atoms. The average Bonchev–Trinajstić information content (AvgIpc) is 2.73. The summed E-state index contributed by atoms with van der Waals surface area (Å²) in [5.41, 5.74) is 1.35. The van der Waals surface area contributed by atoms with E-state index in [2.05, 4.69) is 31.1 Å². The van der Waals surface area contributed by atoms with Gasteiger partial charge in [-0.15, -0.1) is 0 Å². The minimum Gasteiger partial charge on any atom is -0.394 e. The number of hydrogen-bond acceptors (Lipinski definition) is 5. The SMILES string of the molecule is CC(C)(C)c1nc2c(nc1NC1(CO)CCC1)S(=O)CC2. The number of anilines is 1. The molecule has 116 valence electrons. The Hall–Kier alpha value is -1.01. The van der Waals surface area contributed by atoms with E-state index in [1.54, 1.807) is 0 Å². The van der Waals surface area contributed by atoms with Crippen LogP contribution in [0.4, 0.5) is 5.82 Å². The van der Waals surface area contributed by atoms with E-state index in [0.717, 1.165) is 37.1 Å². The largest absolute Gasteiger partial charge is 0.394 e. The molecule has 0 bridgehead atoms. The number of rotatable bonds is 3. The van der Waals surface area contributed by atoms with Gasteiger partial charge in [0.2, 0.25) is 0 Å². The van der Waals surface area contributed by atoms with Crippen LogP contribution in [0, 0.1) is 0 Å². The summed E-state index contributed by atoms with van der Waals surface area (Å²) in [6.07, 6.45) is 3.73. The molecule has 1 fully saturated rings. The van der Waals surface area contributed by atoms with E-state index < -0.39 is 10.8 Å². The highest BCUT2D eigenvalue weighted by molar-refractivity contribution is 7.85. The zero-order valence-electron chi connectivity index (χ0n) is 12.9. The molecule has 2 heterocycles. The van der Waals surface area contributed by atoms with Gasteiger partial charge in [0.1, 0.15) is 5.82 Å². The van der Waals surface area contributed by atoms with Crippen molar-refractivity contribution in [3.05, 3.63) is 11.4 Å². The van der Waals surface area contributed by atoms with Gasteiger partial charge in [0.05, 0.1) is 34.3 Å². The predicted molar refractivity (Wildman–Crippen MR) is 83.0 cm³/mol. The second kappa shape index (κ2) is 5.02. The molecule has 2 N–H and O–H groups in total. The van der Waals surface area contributed by atoms with Crippen molar-refractivity contribution < 1.29 is 9.32 Å². The van der Waals surface area contributed by atoms with Crippen molar-refractivity contribution in [2.75, 3.05) is 17.7 Å². The molecule has 2 aliphatic rings. The van der Waals surface area contributed by atoms with Gasteiger partial charge in [0, 0.05) is 17.6 Å². The summed E-state index contributed by atoms with van der Waals surface area (Å²) in [4.78, 5) is 9.38. The van der Waals surface area contributed by atoms with Gasteiger partial charge in [-0.25, -0.2) is 4.98 Å². The van der Waals surface area contributed by atoms with E-state index in [0.29, 0.717) is 16.6 Å². The number of aliphatic hydroxyl groups is 1. The normalized spacial score (nSPS) is 23.5. The Balaban J connectivity index is 2.05. The summed E-state index contributed by atoms with van der Waals surface area (Å²) in [7, 11) is -1.03. The number of hydrogen-bond donors (Lipinski definition) is 2. The first kappa shape index (κ1) is 14.9. The number of fused-ring (bicyclic) bond motifs is 1. The third kappa shape index (κ3) is 2.59. The molecule has 0 aromatic carbocycles. The second-order valence-corrected chi connectivity index (χ2v) is 8.63. The number of aryl methyl sites for hydroxylation is 1. The van der Waals surface area contributed by atoms with Crippen molar-refractivity contribution in [1.82, 2.24) is 9.97 Å². The molecule has 1 aliphatic carbocycles. The van der Waals surface area contributed by atoms with E-state index in [1.807, 2.05) is 0 Å². The van der Waals surface area contributed by atoms with Gasteiger partial charge >= 0.3 is 0 Å². The third-order valence-electron chi connectivity index (χ3n) is 4.38. The van der Waals surface area contributed by atoms with Gasteiger partial charge in [-0.1, -0.05) is 20.8 Å². The first-order valence-corrected chi connectivity index (χ1v) is 8.85. The highest BCUT2D eigenvalue weighted by Gasteiger charge is 2.39. The molecular formula is C15H23N3O2S. The summed E-state index contributed by atoms with van der Waals surface area (Å²) >= 11 is 0. The Morgan fingerprint density at radius 2 is 2.05 bits per heavy atom. The average molecular weight is 309 g/mol. The molecular weight excluding hydrogens is 286 g/mol. The van der Waals surface area contributed by atoms with Crippen LogP contribution in [0.3, 0.4) is 0 Å². The summed E-state index contributed by atoms with van der Waals surface area (Å²) in [5, 5.41) is 13.7. The van der Waals surface area contributed by atoms with E-state index in [1.165, 1.54) is 0 Å². The van der Waals surface area contributed by atoms with Crippen LogP contribution < -0.4 is 5.32 Å². The lowest BCUT2D eigenvalue weighted by atomic mass is 9.77. The lowest BCUT2D eigenvalue weighted by Gasteiger charge is -2.42. The van der Waals surface area contributed by atoms with Gasteiger partial charge < -0.3 is 10.4 Å². The highest BCUT2D eigenvalue weighted by Crippen LogP contribution is 2.38. The molecule has 1 aromatic rings. The minimum absolute atomic E-state index is 0.0957. The predicted octanol–water partition coefficient (Wildman–Crippen LogP) is 1.76. The molecule has 1 aliphatic heterocycles. The second-order valence-electron chi connectivity index (χ2n) is 7.14. The Labute approximate surface area is 128 Å². The summed E-state index contributed by atoms with van der Waals surface area (Å²) < 4.78 is 12.0. The van der Waals surface area contributed by atoms with Crippen molar-refractivity contribution in [1.29, 1.82) is 0 Å². The Morgan fingerprint density at radius 1 is 1.33 bits per heavy atom. The molecule has 5 nitrogen and oxygen atoms in total. The van der Waals surface area contributed by atoms with Crippen molar-refractivity contribution in [3.8, 4) is 0 Å². The quantitative estimate of drug-likeness (QED) is 0.890. The maximum Gasteiger partial charge on any atom is 0.151 e. The van der Waals surface area contributed by atoms with Crippen LogP contribution in [-0.2, 0) is 22.6 Å².